The molecule has 0 unspecified atom stereocenters. The van der Waals surface area contributed by atoms with Crippen molar-refractivity contribution in [3.8, 4) is 11.5 Å². The van der Waals surface area contributed by atoms with Crippen molar-refractivity contribution in [3.63, 3.8) is 0 Å². The van der Waals surface area contributed by atoms with Crippen molar-refractivity contribution in [2.75, 3.05) is 5.32 Å². The van der Waals surface area contributed by atoms with Gasteiger partial charge in [0.15, 0.2) is 0 Å². The van der Waals surface area contributed by atoms with Crippen LogP contribution in [0.3, 0.4) is 0 Å². The Morgan fingerprint density at radius 2 is 1.79 bits per heavy atom. The highest BCUT2D eigenvalue weighted by molar-refractivity contribution is 6.04. The maximum Gasteiger partial charge on any atom is 0.253 e. The van der Waals surface area contributed by atoms with E-state index in [1.165, 1.54) is 0 Å². The number of carbonyl (C=O) groups is 2. The number of benzene rings is 2. The number of aromatic nitrogens is 1. The van der Waals surface area contributed by atoms with Gasteiger partial charge in [0.05, 0.1) is 23.4 Å². The summed E-state index contributed by atoms with van der Waals surface area (Å²) >= 11 is 0. The summed E-state index contributed by atoms with van der Waals surface area (Å²) in [5, 5.41) is 5.77. The third-order valence-corrected chi connectivity index (χ3v) is 4.60. The summed E-state index contributed by atoms with van der Waals surface area (Å²) in [5.41, 5.74) is 2.40. The first kappa shape index (κ1) is 18.0. The van der Waals surface area contributed by atoms with E-state index in [2.05, 4.69) is 15.6 Å². The molecule has 4 rings (SSSR count). The molecule has 6 heteroatoms. The lowest BCUT2D eigenvalue weighted by atomic mass is 10.1. The van der Waals surface area contributed by atoms with E-state index < -0.39 is 0 Å². The quantitative estimate of drug-likeness (QED) is 0.688. The van der Waals surface area contributed by atoms with Gasteiger partial charge in [-0.15, -0.1) is 0 Å². The van der Waals surface area contributed by atoms with E-state index in [-0.39, 0.29) is 24.3 Å². The van der Waals surface area contributed by atoms with Crippen molar-refractivity contribution >= 4 is 17.5 Å². The van der Waals surface area contributed by atoms with E-state index in [4.69, 9.17) is 4.42 Å². The number of rotatable bonds is 6. The zero-order valence-corrected chi connectivity index (χ0v) is 15.6. The second-order valence-corrected chi connectivity index (χ2v) is 6.91. The minimum Gasteiger partial charge on any atom is -0.441 e. The first-order chi connectivity index (χ1) is 13.6. The van der Waals surface area contributed by atoms with Crippen LogP contribution in [0.5, 0.6) is 0 Å². The van der Waals surface area contributed by atoms with Crippen molar-refractivity contribution < 1.29 is 14.0 Å². The Hall–Kier alpha value is -3.41. The van der Waals surface area contributed by atoms with Crippen LogP contribution in [0.4, 0.5) is 5.69 Å². The lowest BCUT2D eigenvalue weighted by molar-refractivity contribution is -0.115. The van der Waals surface area contributed by atoms with Gasteiger partial charge < -0.3 is 15.1 Å². The molecular weight excluding hydrogens is 354 g/mol. The molecule has 2 amide bonds. The van der Waals surface area contributed by atoms with Crippen LogP contribution in [0.15, 0.2) is 59.0 Å². The fourth-order valence-corrected chi connectivity index (χ4v) is 2.92. The summed E-state index contributed by atoms with van der Waals surface area (Å²) in [4.78, 5) is 29.4. The fraction of sp³-hybridized carbons (Fsp3) is 0.227. The van der Waals surface area contributed by atoms with Gasteiger partial charge in [0.1, 0.15) is 5.76 Å². The standard InChI is InChI=1S/C22H21N3O3/c1-14-19(25-22(28-14)15-7-3-2-4-8-15)13-20(26)24-18-10-6-5-9-17(18)21(27)23-16-11-12-16/h2-10,16H,11-13H2,1H3,(H,23,27)(H,24,26). The van der Waals surface area contributed by atoms with E-state index in [9.17, 15) is 9.59 Å². The summed E-state index contributed by atoms with van der Waals surface area (Å²) in [6.45, 7) is 1.79. The Balaban J connectivity index is 1.47. The molecule has 0 radical (unpaired) electrons. The topological polar surface area (TPSA) is 84.2 Å². The summed E-state index contributed by atoms with van der Waals surface area (Å²) in [7, 11) is 0. The fourth-order valence-electron chi connectivity index (χ4n) is 2.92. The van der Waals surface area contributed by atoms with Gasteiger partial charge in [-0.25, -0.2) is 4.98 Å². The molecule has 0 atom stereocenters. The predicted octanol–water partition coefficient (Wildman–Crippen LogP) is 3.72. The lowest BCUT2D eigenvalue weighted by Crippen LogP contribution is -2.27. The molecule has 3 aromatic rings. The normalized spacial score (nSPS) is 13.2. The maximum atomic E-state index is 12.6. The van der Waals surface area contributed by atoms with Crippen LogP contribution in [-0.4, -0.2) is 22.8 Å². The molecule has 0 bridgehead atoms. The van der Waals surface area contributed by atoms with Gasteiger partial charge in [-0.3, -0.25) is 9.59 Å². The number of nitrogens with zero attached hydrogens (tertiary/aromatic N) is 1. The van der Waals surface area contributed by atoms with Crippen LogP contribution >= 0.6 is 0 Å². The Labute approximate surface area is 163 Å². The Kier molecular flexibility index (Phi) is 4.93. The van der Waals surface area contributed by atoms with Crippen molar-refractivity contribution in [2.45, 2.75) is 32.2 Å². The maximum absolute atomic E-state index is 12.6. The van der Waals surface area contributed by atoms with Gasteiger partial charge in [0.2, 0.25) is 11.8 Å². The lowest BCUT2D eigenvalue weighted by Gasteiger charge is -2.10. The smallest absolute Gasteiger partial charge is 0.253 e. The first-order valence-electron chi connectivity index (χ1n) is 9.31. The number of aryl methyl sites for hydroxylation is 1. The highest BCUT2D eigenvalue weighted by Gasteiger charge is 2.25. The molecule has 0 saturated heterocycles. The summed E-state index contributed by atoms with van der Waals surface area (Å²) in [6, 6.07) is 16.8. The molecule has 2 aromatic carbocycles. The molecule has 1 heterocycles. The molecule has 2 N–H and O–H groups in total. The Bertz CT molecular complexity index is 1010. The van der Waals surface area contributed by atoms with Crippen LogP contribution in [0, 0.1) is 6.92 Å². The minimum atomic E-state index is -0.248. The average Bonchev–Trinajstić information content (AvgIpc) is 3.44. The largest absolute Gasteiger partial charge is 0.441 e. The SMILES string of the molecule is Cc1oc(-c2ccccc2)nc1CC(=O)Nc1ccccc1C(=O)NC1CC1. The van der Waals surface area contributed by atoms with Crippen LogP contribution in [0.2, 0.25) is 0 Å². The second kappa shape index (κ2) is 7.68. The monoisotopic (exact) mass is 375 g/mol. The van der Waals surface area contributed by atoms with E-state index in [1.54, 1.807) is 31.2 Å². The van der Waals surface area contributed by atoms with E-state index in [0.29, 0.717) is 28.6 Å². The number of para-hydroxylation sites is 1. The first-order valence-corrected chi connectivity index (χ1v) is 9.31. The van der Waals surface area contributed by atoms with E-state index >= 15 is 0 Å². The van der Waals surface area contributed by atoms with Crippen molar-refractivity contribution in [1.82, 2.24) is 10.3 Å². The van der Waals surface area contributed by atoms with Crippen molar-refractivity contribution in [1.29, 1.82) is 0 Å². The van der Waals surface area contributed by atoms with Gasteiger partial charge in [0.25, 0.3) is 5.91 Å². The van der Waals surface area contributed by atoms with Gasteiger partial charge in [-0.1, -0.05) is 30.3 Å². The molecule has 1 fully saturated rings. The Morgan fingerprint density at radius 1 is 1.07 bits per heavy atom. The Morgan fingerprint density at radius 3 is 2.54 bits per heavy atom. The molecule has 0 spiro atoms. The molecular formula is C22H21N3O3. The van der Waals surface area contributed by atoms with Crippen LogP contribution < -0.4 is 10.6 Å². The molecule has 1 aliphatic rings. The number of nitrogens with one attached hydrogen (secondary N) is 2. The number of carbonyl (C=O) groups excluding carboxylic acids is 2. The van der Waals surface area contributed by atoms with Crippen molar-refractivity contribution in [2.24, 2.45) is 0 Å². The van der Waals surface area contributed by atoms with Gasteiger partial charge >= 0.3 is 0 Å². The van der Waals surface area contributed by atoms with Gasteiger partial charge in [-0.2, -0.15) is 0 Å². The summed E-state index contributed by atoms with van der Waals surface area (Å²) < 4.78 is 5.71. The molecule has 28 heavy (non-hydrogen) atoms. The van der Waals surface area contributed by atoms with E-state index in [0.717, 1.165) is 18.4 Å². The summed E-state index contributed by atoms with van der Waals surface area (Å²) in [5.74, 6) is 0.684. The van der Waals surface area contributed by atoms with Crippen LogP contribution in [0.25, 0.3) is 11.5 Å². The van der Waals surface area contributed by atoms with Crippen LogP contribution in [-0.2, 0) is 11.2 Å². The average molecular weight is 375 g/mol. The highest BCUT2D eigenvalue weighted by atomic mass is 16.4. The van der Waals surface area contributed by atoms with Gasteiger partial charge in [0, 0.05) is 11.6 Å². The van der Waals surface area contributed by atoms with Gasteiger partial charge in [-0.05, 0) is 44.0 Å². The molecule has 1 aromatic heterocycles. The zero-order chi connectivity index (χ0) is 19.5. The molecule has 1 saturated carbocycles. The minimum absolute atomic E-state index is 0.0702. The molecule has 0 aliphatic heterocycles. The molecule has 142 valence electrons. The third-order valence-electron chi connectivity index (χ3n) is 4.60. The highest BCUT2D eigenvalue weighted by Crippen LogP contribution is 2.23. The van der Waals surface area contributed by atoms with Crippen molar-refractivity contribution in [3.05, 3.63) is 71.6 Å². The number of hydrogen-bond donors (Lipinski definition) is 2. The van der Waals surface area contributed by atoms with Crippen LogP contribution in [0.1, 0.15) is 34.7 Å². The van der Waals surface area contributed by atoms with E-state index in [1.807, 2.05) is 30.3 Å². The summed E-state index contributed by atoms with van der Waals surface area (Å²) in [6.07, 6.45) is 2.09. The zero-order valence-electron chi connectivity index (χ0n) is 15.6. The molecule has 6 nitrogen and oxygen atoms in total. The number of oxazole rings is 1. The third kappa shape index (κ3) is 4.11. The number of amides is 2. The molecule has 1 aliphatic carbocycles. The predicted molar refractivity (Wildman–Crippen MR) is 106 cm³/mol. The second-order valence-electron chi connectivity index (χ2n) is 6.91. The number of hydrogen-bond acceptors (Lipinski definition) is 4. The number of anilines is 1.